The molecule has 0 bridgehead atoms. The van der Waals surface area contributed by atoms with Gasteiger partial charge >= 0.3 is 0 Å². The van der Waals surface area contributed by atoms with Crippen LogP contribution in [0.25, 0.3) is 11.3 Å². The molecule has 0 atom stereocenters. The summed E-state index contributed by atoms with van der Waals surface area (Å²) in [6.45, 7) is 8.07. The first-order valence-corrected chi connectivity index (χ1v) is 7.11. The molecule has 0 spiro atoms. The summed E-state index contributed by atoms with van der Waals surface area (Å²) in [7, 11) is 0. The van der Waals surface area contributed by atoms with Gasteiger partial charge in [-0.05, 0) is 26.0 Å². The highest BCUT2D eigenvalue weighted by atomic mass is 15.3. The second-order valence-electron chi connectivity index (χ2n) is 5.30. The normalized spacial score (nSPS) is 15.4. The van der Waals surface area contributed by atoms with Gasteiger partial charge in [0.15, 0.2) is 0 Å². The van der Waals surface area contributed by atoms with E-state index in [9.17, 15) is 0 Å². The second-order valence-corrected chi connectivity index (χ2v) is 5.30. The lowest BCUT2D eigenvalue weighted by atomic mass is 10.1. The van der Waals surface area contributed by atoms with Gasteiger partial charge in [0.1, 0.15) is 0 Å². The number of hydrogen-bond donors (Lipinski definition) is 1. The van der Waals surface area contributed by atoms with Crippen molar-refractivity contribution < 1.29 is 0 Å². The molecular weight excluding hydrogens is 248 g/mol. The van der Waals surface area contributed by atoms with E-state index in [-0.39, 0.29) is 0 Å². The van der Waals surface area contributed by atoms with Crippen molar-refractivity contribution in [3.63, 3.8) is 0 Å². The van der Waals surface area contributed by atoms with E-state index in [1.807, 2.05) is 6.92 Å². The molecule has 1 aromatic heterocycles. The number of benzene rings is 1. The summed E-state index contributed by atoms with van der Waals surface area (Å²) < 4.78 is 0. The molecule has 4 heteroatoms. The lowest BCUT2D eigenvalue weighted by Crippen LogP contribution is -2.44. The first-order valence-electron chi connectivity index (χ1n) is 7.11. The Labute approximate surface area is 119 Å². The van der Waals surface area contributed by atoms with Crippen LogP contribution in [0.15, 0.2) is 30.3 Å². The zero-order valence-corrected chi connectivity index (χ0v) is 12.1. The number of aromatic nitrogens is 2. The average molecular weight is 268 g/mol. The minimum absolute atomic E-state index is 0.850. The zero-order chi connectivity index (χ0) is 13.9. The monoisotopic (exact) mass is 268 g/mol. The van der Waals surface area contributed by atoms with E-state index >= 15 is 0 Å². The number of nitrogens with one attached hydrogen (secondary N) is 1. The standard InChI is InChI=1S/C16H20N4/c1-12-4-3-5-14(10-12)15-11-13(2)18-16(19-15)20-8-6-17-7-9-20/h3-5,10-11,17H,6-9H2,1-2H3. The summed E-state index contributed by atoms with van der Waals surface area (Å²) in [5.41, 5.74) is 4.44. The molecule has 0 saturated carbocycles. The number of rotatable bonds is 2. The maximum Gasteiger partial charge on any atom is 0.226 e. The Morgan fingerprint density at radius 1 is 1.05 bits per heavy atom. The van der Waals surface area contributed by atoms with Gasteiger partial charge in [-0.3, -0.25) is 0 Å². The Balaban J connectivity index is 1.97. The van der Waals surface area contributed by atoms with Crippen molar-refractivity contribution in [3.05, 3.63) is 41.6 Å². The summed E-state index contributed by atoms with van der Waals surface area (Å²) in [5, 5.41) is 3.36. The molecule has 0 amide bonds. The molecule has 104 valence electrons. The highest BCUT2D eigenvalue weighted by Crippen LogP contribution is 2.21. The number of hydrogen-bond acceptors (Lipinski definition) is 4. The van der Waals surface area contributed by atoms with Gasteiger partial charge < -0.3 is 10.2 Å². The fraction of sp³-hybridized carbons (Fsp3) is 0.375. The largest absolute Gasteiger partial charge is 0.338 e. The van der Waals surface area contributed by atoms with Crippen LogP contribution in [0.3, 0.4) is 0 Å². The number of piperazine rings is 1. The molecular formula is C16H20N4. The SMILES string of the molecule is Cc1cccc(-c2cc(C)nc(N3CCNCC3)n2)c1. The number of aryl methyl sites for hydroxylation is 2. The van der Waals surface area contributed by atoms with Crippen molar-refractivity contribution in [2.75, 3.05) is 31.1 Å². The Morgan fingerprint density at radius 3 is 2.60 bits per heavy atom. The Bertz CT molecular complexity index is 603. The van der Waals surface area contributed by atoms with Gasteiger partial charge in [-0.25, -0.2) is 9.97 Å². The van der Waals surface area contributed by atoms with Crippen LogP contribution in [0.2, 0.25) is 0 Å². The molecule has 1 saturated heterocycles. The van der Waals surface area contributed by atoms with E-state index in [1.54, 1.807) is 0 Å². The van der Waals surface area contributed by atoms with Crippen LogP contribution in [-0.2, 0) is 0 Å². The van der Waals surface area contributed by atoms with E-state index < -0.39 is 0 Å². The van der Waals surface area contributed by atoms with Crippen molar-refractivity contribution >= 4 is 5.95 Å². The van der Waals surface area contributed by atoms with Crippen LogP contribution < -0.4 is 10.2 Å². The quantitative estimate of drug-likeness (QED) is 0.906. The van der Waals surface area contributed by atoms with Gasteiger partial charge in [0.25, 0.3) is 0 Å². The minimum Gasteiger partial charge on any atom is -0.338 e. The topological polar surface area (TPSA) is 41.1 Å². The van der Waals surface area contributed by atoms with Crippen molar-refractivity contribution in [3.8, 4) is 11.3 Å². The molecule has 1 N–H and O–H groups in total. The van der Waals surface area contributed by atoms with Gasteiger partial charge in [-0.1, -0.05) is 23.8 Å². The molecule has 0 radical (unpaired) electrons. The Hall–Kier alpha value is -1.94. The first-order chi connectivity index (χ1) is 9.72. The van der Waals surface area contributed by atoms with E-state index in [2.05, 4.69) is 52.5 Å². The van der Waals surface area contributed by atoms with Crippen molar-refractivity contribution in [1.82, 2.24) is 15.3 Å². The summed E-state index contributed by atoms with van der Waals surface area (Å²) in [5.74, 6) is 0.850. The van der Waals surface area contributed by atoms with Gasteiger partial charge in [0, 0.05) is 37.4 Å². The molecule has 20 heavy (non-hydrogen) atoms. The van der Waals surface area contributed by atoms with Crippen LogP contribution in [0.5, 0.6) is 0 Å². The van der Waals surface area contributed by atoms with Crippen molar-refractivity contribution in [1.29, 1.82) is 0 Å². The molecule has 2 aromatic rings. The van der Waals surface area contributed by atoms with E-state index in [1.165, 1.54) is 5.56 Å². The Kier molecular flexibility index (Phi) is 3.65. The smallest absolute Gasteiger partial charge is 0.226 e. The third-order valence-electron chi connectivity index (χ3n) is 3.56. The van der Waals surface area contributed by atoms with Crippen LogP contribution in [0.1, 0.15) is 11.3 Å². The highest BCUT2D eigenvalue weighted by molar-refractivity contribution is 5.61. The van der Waals surface area contributed by atoms with Crippen molar-refractivity contribution in [2.24, 2.45) is 0 Å². The maximum absolute atomic E-state index is 4.76. The Morgan fingerprint density at radius 2 is 1.85 bits per heavy atom. The van der Waals surface area contributed by atoms with Crippen LogP contribution in [-0.4, -0.2) is 36.1 Å². The lowest BCUT2D eigenvalue weighted by Gasteiger charge is -2.27. The van der Waals surface area contributed by atoms with Crippen LogP contribution in [0.4, 0.5) is 5.95 Å². The van der Waals surface area contributed by atoms with Crippen molar-refractivity contribution in [2.45, 2.75) is 13.8 Å². The van der Waals surface area contributed by atoms with Gasteiger partial charge in [-0.15, -0.1) is 0 Å². The predicted octanol–water partition coefficient (Wildman–Crippen LogP) is 2.17. The van der Waals surface area contributed by atoms with E-state index in [0.717, 1.165) is 49.1 Å². The molecule has 4 nitrogen and oxygen atoms in total. The van der Waals surface area contributed by atoms with Crippen LogP contribution in [0, 0.1) is 13.8 Å². The molecule has 0 unspecified atom stereocenters. The minimum atomic E-state index is 0.850. The van der Waals surface area contributed by atoms with E-state index in [4.69, 9.17) is 4.98 Å². The zero-order valence-electron chi connectivity index (χ0n) is 12.1. The fourth-order valence-corrected chi connectivity index (χ4v) is 2.51. The lowest BCUT2D eigenvalue weighted by molar-refractivity contribution is 0.579. The molecule has 1 fully saturated rings. The predicted molar refractivity (Wildman–Crippen MR) is 82.0 cm³/mol. The summed E-state index contributed by atoms with van der Waals surface area (Å²) >= 11 is 0. The molecule has 3 rings (SSSR count). The fourth-order valence-electron chi connectivity index (χ4n) is 2.51. The van der Waals surface area contributed by atoms with Gasteiger partial charge in [-0.2, -0.15) is 0 Å². The molecule has 1 aromatic carbocycles. The highest BCUT2D eigenvalue weighted by Gasteiger charge is 2.14. The molecule has 2 heterocycles. The first kappa shape index (κ1) is 13.1. The van der Waals surface area contributed by atoms with Crippen LogP contribution >= 0.6 is 0 Å². The maximum atomic E-state index is 4.76. The summed E-state index contributed by atoms with van der Waals surface area (Å²) in [6, 6.07) is 10.5. The third-order valence-corrected chi connectivity index (χ3v) is 3.56. The van der Waals surface area contributed by atoms with Gasteiger partial charge in [0.05, 0.1) is 5.69 Å². The number of nitrogens with zero attached hydrogens (tertiary/aromatic N) is 3. The van der Waals surface area contributed by atoms with Gasteiger partial charge in [0.2, 0.25) is 5.95 Å². The molecule has 1 aliphatic rings. The summed E-state index contributed by atoms with van der Waals surface area (Å²) in [6.07, 6.45) is 0. The second kappa shape index (κ2) is 5.59. The number of anilines is 1. The van der Waals surface area contributed by atoms with E-state index in [0.29, 0.717) is 0 Å². The third kappa shape index (κ3) is 2.80. The average Bonchev–Trinajstić information content (AvgIpc) is 2.47. The molecule has 1 aliphatic heterocycles. The molecule has 0 aliphatic carbocycles. The summed E-state index contributed by atoms with van der Waals surface area (Å²) in [4.78, 5) is 11.6.